The zero-order valence-electron chi connectivity index (χ0n) is 21.1. The third-order valence-electron chi connectivity index (χ3n) is 5.01. The molecule has 3 N–H and O–H groups in total. The summed E-state index contributed by atoms with van der Waals surface area (Å²) in [6, 6.07) is 4.32. The summed E-state index contributed by atoms with van der Waals surface area (Å²) in [5, 5.41) is 3.11. The van der Waals surface area contributed by atoms with E-state index < -0.39 is 31.5 Å². The molecule has 3 aromatic rings. The molecule has 14 heteroatoms. The van der Waals surface area contributed by atoms with Gasteiger partial charge in [-0.25, -0.2) is 20.0 Å². The Balaban J connectivity index is 1.72. The number of aromatic nitrogens is 4. The standard InChI is InChI=1S/C23H30F3N6O4P/c1-14(2)35-21(33)22(4,5)31-37(36-17-8-6-16(7-9-17)23(24,25)26)13-34-15(3)10-32-12-30-18-19(27)28-11-29-20(18)32/h6-9,11-12,14-15,31H,10,13H2,1-5H3,(H2,27,28,29). The first-order valence-corrected chi connectivity index (χ1v) is 12.9. The third kappa shape index (κ3) is 7.73. The Kier molecular flexibility index (Phi) is 8.93. The average molecular weight is 542 g/mol. The lowest BCUT2D eigenvalue weighted by Gasteiger charge is -2.30. The molecule has 0 fully saturated rings. The Morgan fingerprint density at radius 1 is 1.14 bits per heavy atom. The van der Waals surface area contributed by atoms with Crippen LogP contribution in [0.15, 0.2) is 36.9 Å². The second kappa shape index (κ2) is 11.6. The average Bonchev–Trinajstić information content (AvgIpc) is 3.20. The largest absolute Gasteiger partial charge is 0.462 e. The van der Waals surface area contributed by atoms with Crippen molar-refractivity contribution in [1.82, 2.24) is 24.6 Å². The summed E-state index contributed by atoms with van der Waals surface area (Å²) < 4.78 is 57.9. The summed E-state index contributed by atoms with van der Waals surface area (Å²) >= 11 is 0. The number of nitrogen functional groups attached to an aromatic ring is 1. The van der Waals surface area contributed by atoms with Gasteiger partial charge in [-0.15, -0.1) is 0 Å². The first-order valence-electron chi connectivity index (χ1n) is 11.4. The Morgan fingerprint density at radius 3 is 2.43 bits per heavy atom. The van der Waals surface area contributed by atoms with Gasteiger partial charge in [0.2, 0.25) is 0 Å². The number of imidazole rings is 1. The summed E-state index contributed by atoms with van der Waals surface area (Å²) in [4.78, 5) is 25.0. The molecule has 2 atom stereocenters. The molecule has 0 saturated carbocycles. The number of nitrogens with zero attached hydrogens (tertiary/aromatic N) is 4. The molecule has 0 bridgehead atoms. The molecule has 0 amide bonds. The van der Waals surface area contributed by atoms with E-state index in [2.05, 4.69) is 20.0 Å². The van der Waals surface area contributed by atoms with Crippen LogP contribution in [0.1, 0.15) is 40.2 Å². The summed E-state index contributed by atoms with van der Waals surface area (Å²) in [7, 11) is -1.68. The van der Waals surface area contributed by atoms with Crippen molar-refractivity contribution in [2.75, 3.05) is 12.1 Å². The molecule has 0 saturated heterocycles. The number of carbonyl (C=O) groups excluding carboxylic acids is 1. The fourth-order valence-corrected chi connectivity index (χ4v) is 4.83. The van der Waals surface area contributed by atoms with Gasteiger partial charge < -0.3 is 24.3 Å². The molecule has 0 aliphatic rings. The van der Waals surface area contributed by atoms with Crippen LogP contribution in [-0.2, 0) is 27.0 Å². The molecule has 2 unspecified atom stereocenters. The van der Waals surface area contributed by atoms with Crippen molar-refractivity contribution in [1.29, 1.82) is 0 Å². The maximum absolute atomic E-state index is 12.9. The number of nitrogens with two attached hydrogens (primary N) is 1. The number of hydrogen-bond acceptors (Lipinski definition) is 9. The third-order valence-corrected chi connectivity index (χ3v) is 6.64. The van der Waals surface area contributed by atoms with Crippen LogP contribution in [0, 0.1) is 0 Å². The number of benzene rings is 1. The molecule has 3 rings (SSSR count). The second-order valence-electron chi connectivity index (χ2n) is 9.12. The smallest absolute Gasteiger partial charge is 0.416 e. The lowest BCUT2D eigenvalue weighted by Crippen LogP contribution is -2.47. The minimum absolute atomic E-state index is 0.0274. The van der Waals surface area contributed by atoms with Crippen molar-refractivity contribution in [2.45, 2.75) is 65.1 Å². The highest BCUT2D eigenvalue weighted by atomic mass is 31.2. The number of ether oxygens (including phenoxy) is 2. The number of rotatable bonds is 11. The normalized spacial score (nSPS) is 14.1. The molecule has 2 heterocycles. The second-order valence-corrected chi connectivity index (χ2v) is 10.5. The van der Waals surface area contributed by atoms with Crippen LogP contribution in [0.4, 0.5) is 19.0 Å². The molecule has 0 spiro atoms. The van der Waals surface area contributed by atoms with Gasteiger partial charge in [-0.05, 0) is 58.9 Å². The van der Waals surface area contributed by atoms with E-state index in [1.165, 1.54) is 18.5 Å². The predicted molar refractivity (Wildman–Crippen MR) is 133 cm³/mol. The van der Waals surface area contributed by atoms with Crippen LogP contribution in [0.3, 0.4) is 0 Å². The molecule has 202 valence electrons. The van der Waals surface area contributed by atoms with E-state index in [1.54, 1.807) is 38.6 Å². The highest BCUT2D eigenvalue weighted by molar-refractivity contribution is 7.50. The number of fused-ring (bicyclic) bond motifs is 1. The SMILES string of the molecule is CC(C)OC(=O)C(C)(C)NP(COC(C)Cn1cnc2c(N)ncnc21)Oc1ccc(C(F)(F)F)cc1. The minimum atomic E-state index is -4.46. The van der Waals surface area contributed by atoms with Crippen LogP contribution in [0.25, 0.3) is 11.2 Å². The van der Waals surface area contributed by atoms with Crippen molar-refractivity contribution in [3.8, 4) is 5.75 Å². The first-order chi connectivity index (χ1) is 17.3. The summed E-state index contributed by atoms with van der Waals surface area (Å²) in [6.45, 7) is 8.95. The molecule has 1 aromatic carbocycles. The number of carbonyl (C=O) groups is 1. The molecular weight excluding hydrogens is 512 g/mol. The van der Waals surface area contributed by atoms with Gasteiger partial charge in [0.1, 0.15) is 29.5 Å². The number of hydrogen-bond donors (Lipinski definition) is 2. The van der Waals surface area contributed by atoms with E-state index in [4.69, 9.17) is 19.7 Å². The number of halogens is 3. The van der Waals surface area contributed by atoms with Gasteiger partial charge in [0.25, 0.3) is 0 Å². The molecule has 0 radical (unpaired) electrons. The van der Waals surface area contributed by atoms with E-state index in [-0.39, 0.29) is 30.1 Å². The summed E-state index contributed by atoms with van der Waals surface area (Å²) in [6.07, 6.45) is -2.17. The zero-order chi connectivity index (χ0) is 27.4. The number of nitrogens with one attached hydrogen (secondary N) is 1. The van der Waals surface area contributed by atoms with E-state index in [0.29, 0.717) is 17.7 Å². The highest BCUT2D eigenvalue weighted by Gasteiger charge is 2.34. The molecular formula is C23H30F3N6O4P. The van der Waals surface area contributed by atoms with Crippen molar-refractivity contribution in [2.24, 2.45) is 0 Å². The molecule has 10 nitrogen and oxygen atoms in total. The highest BCUT2D eigenvalue weighted by Crippen LogP contribution is 2.39. The summed E-state index contributed by atoms with van der Waals surface area (Å²) in [5.41, 5.74) is 4.94. The summed E-state index contributed by atoms with van der Waals surface area (Å²) in [5.74, 6) is -0.0320. The lowest BCUT2D eigenvalue weighted by molar-refractivity contribution is -0.153. The predicted octanol–water partition coefficient (Wildman–Crippen LogP) is 4.50. The van der Waals surface area contributed by atoms with Crippen LogP contribution in [0.5, 0.6) is 5.75 Å². The quantitative estimate of drug-likeness (QED) is 0.266. The van der Waals surface area contributed by atoms with Crippen molar-refractivity contribution in [3.05, 3.63) is 42.5 Å². The molecule has 0 aliphatic heterocycles. The van der Waals surface area contributed by atoms with Gasteiger partial charge in [0, 0.05) is 0 Å². The Labute approximate surface area is 213 Å². The Hall–Kier alpha value is -3.02. The number of esters is 1. The van der Waals surface area contributed by atoms with Crippen molar-refractivity contribution < 1.29 is 32.0 Å². The monoisotopic (exact) mass is 542 g/mol. The fraction of sp³-hybridized carbons (Fsp3) is 0.478. The fourth-order valence-electron chi connectivity index (χ4n) is 3.19. The van der Waals surface area contributed by atoms with Crippen LogP contribution >= 0.6 is 8.30 Å². The zero-order valence-corrected chi connectivity index (χ0v) is 22.0. The van der Waals surface area contributed by atoms with Crippen molar-refractivity contribution >= 4 is 31.3 Å². The van der Waals surface area contributed by atoms with E-state index >= 15 is 0 Å². The topological polar surface area (TPSA) is 126 Å². The van der Waals surface area contributed by atoms with Gasteiger partial charge in [0.15, 0.2) is 19.8 Å². The lowest BCUT2D eigenvalue weighted by atomic mass is 10.1. The Bertz CT molecular complexity index is 1200. The van der Waals surface area contributed by atoms with Gasteiger partial charge >= 0.3 is 12.1 Å². The van der Waals surface area contributed by atoms with Gasteiger partial charge in [0.05, 0.1) is 30.6 Å². The maximum Gasteiger partial charge on any atom is 0.416 e. The first kappa shape index (κ1) is 28.5. The Morgan fingerprint density at radius 2 is 1.81 bits per heavy atom. The van der Waals surface area contributed by atoms with Gasteiger partial charge in [-0.3, -0.25) is 4.79 Å². The van der Waals surface area contributed by atoms with Gasteiger partial charge in [-0.1, -0.05) is 0 Å². The van der Waals surface area contributed by atoms with E-state index in [0.717, 1.165) is 12.1 Å². The molecule has 37 heavy (non-hydrogen) atoms. The minimum Gasteiger partial charge on any atom is -0.462 e. The van der Waals surface area contributed by atoms with E-state index in [1.807, 2.05) is 6.92 Å². The van der Waals surface area contributed by atoms with Crippen LogP contribution in [-0.4, -0.2) is 49.6 Å². The van der Waals surface area contributed by atoms with E-state index in [9.17, 15) is 18.0 Å². The van der Waals surface area contributed by atoms with Crippen LogP contribution < -0.4 is 15.3 Å². The molecule has 0 aliphatic carbocycles. The van der Waals surface area contributed by atoms with Gasteiger partial charge in [-0.2, -0.15) is 13.2 Å². The molecule has 2 aromatic heterocycles. The van der Waals surface area contributed by atoms with Crippen LogP contribution in [0.2, 0.25) is 0 Å². The maximum atomic E-state index is 12.9. The number of alkyl halides is 3. The number of anilines is 1. The van der Waals surface area contributed by atoms with Crippen molar-refractivity contribution in [3.63, 3.8) is 0 Å².